The molecule has 0 radical (unpaired) electrons. The Bertz CT molecular complexity index is 2300. The molecule has 0 nitrogen and oxygen atoms in total. The van der Waals surface area contributed by atoms with Crippen molar-refractivity contribution < 1.29 is 68.2 Å². The van der Waals surface area contributed by atoms with E-state index in [0.717, 1.165) is 35.4 Å². The van der Waals surface area contributed by atoms with Crippen LogP contribution in [0, 0.1) is 11.8 Å². The second-order valence-corrected chi connectivity index (χ2v) is 60.2. The van der Waals surface area contributed by atoms with Gasteiger partial charge in [0, 0.05) is 0 Å². The molecule has 6 rings (SSSR count). The first-order valence-electron chi connectivity index (χ1n) is 21.3. The minimum atomic E-state index is -5.89. The average molecular weight is 1040 g/mol. The van der Waals surface area contributed by atoms with Gasteiger partial charge in [-0.1, -0.05) is 0 Å². The first kappa shape index (κ1) is 50.6. The molecule has 0 bridgehead atoms. The van der Waals surface area contributed by atoms with E-state index in [2.05, 4.69) is 0 Å². The Morgan fingerprint density at radius 2 is 0.812 bits per heavy atom. The number of hydrogen-bond donors (Lipinski definition) is 0. The van der Waals surface area contributed by atoms with Crippen LogP contribution in [0.15, 0.2) is 71.8 Å². The van der Waals surface area contributed by atoms with Crippen molar-refractivity contribution in [2.45, 2.75) is 112 Å². The zero-order valence-electron chi connectivity index (χ0n) is 36.4. The Kier molecular flexibility index (Phi) is 13.7. The third-order valence-corrected chi connectivity index (χ3v) is 65.4. The van der Waals surface area contributed by atoms with Crippen molar-refractivity contribution in [2.75, 3.05) is 0 Å². The number of alkyl halides is 12. The van der Waals surface area contributed by atoms with E-state index in [1.807, 2.05) is 65.1 Å². The van der Waals surface area contributed by atoms with Gasteiger partial charge >= 0.3 is 377 Å². The van der Waals surface area contributed by atoms with E-state index < -0.39 is 75.7 Å². The molecule has 4 unspecified atom stereocenters. The molecule has 0 N–H and O–H groups in total. The van der Waals surface area contributed by atoms with Crippen LogP contribution in [-0.4, -0.2) is 5.92 Å². The molecule has 4 atom stereocenters. The fourth-order valence-electron chi connectivity index (χ4n) is 9.89. The van der Waals surface area contributed by atoms with Crippen molar-refractivity contribution in [3.8, 4) is 22.3 Å². The topological polar surface area (TPSA) is 0 Å². The van der Waals surface area contributed by atoms with Crippen LogP contribution in [0.2, 0.25) is 13.1 Å². The SMILES string of the molecule is CCc1ccc2c(c1-c1cc(C(F)(F)F)cc(C(F)(F)F)c1)C=C(C(C)CC)[CH]2[Zr]([Cl])([Cl])([CH]1C(C(C)CC)=Cc2c1ccc(CC)c2-c1cc(C(F)(F)F)cc(C(F)(F)F)c1)[SiH](C)C. The Labute approximate surface area is 374 Å². The fraction of sp³-hybridized carbons (Fsp3) is 0.417. The molecule has 16 heteroatoms. The van der Waals surface area contributed by atoms with Gasteiger partial charge in [-0.25, -0.2) is 0 Å². The monoisotopic (exact) mass is 1040 g/mol. The maximum atomic E-state index is 14.3. The van der Waals surface area contributed by atoms with Gasteiger partial charge < -0.3 is 0 Å². The Morgan fingerprint density at radius 3 is 1.05 bits per heavy atom. The summed E-state index contributed by atoms with van der Waals surface area (Å²) in [5.41, 5.74) is -1.30. The maximum absolute atomic E-state index is 14.3. The summed E-state index contributed by atoms with van der Waals surface area (Å²) in [7, 11) is 17.3. The van der Waals surface area contributed by atoms with Crippen LogP contribution >= 0.6 is 17.0 Å². The van der Waals surface area contributed by atoms with Gasteiger partial charge in [0.2, 0.25) is 0 Å². The summed E-state index contributed by atoms with van der Waals surface area (Å²) in [4.78, 5) is 0. The molecule has 0 aromatic heterocycles. The second-order valence-electron chi connectivity index (χ2n) is 17.7. The molecule has 0 aliphatic heterocycles. The molecule has 4 aromatic rings. The Balaban J connectivity index is 1.73. The molecule has 0 saturated heterocycles. The van der Waals surface area contributed by atoms with E-state index in [9.17, 15) is 52.7 Å². The van der Waals surface area contributed by atoms with Gasteiger partial charge in [0.05, 0.1) is 0 Å². The summed E-state index contributed by atoms with van der Waals surface area (Å²) in [5, 5.41) is 0. The number of halogens is 14. The zero-order chi connectivity index (χ0) is 47.9. The zero-order valence-corrected chi connectivity index (χ0v) is 41.6. The summed E-state index contributed by atoms with van der Waals surface area (Å²) < 4.78 is 171. The van der Waals surface area contributed by atoms with Crippen LogP contribution < -0.4 is 0 Å². The molecule has 0 heterocycles. The molecular formula is C48H49Cl2F12SiZr. The van der Waals surface area contributed by atoms with Gasteiger partial charge in [-0.15, -0.1) is 0 Å². The van der Waals surface area contributed by atoms with Crippen molar-refractivity contribution in [3.05, 3.63) is 127 Å². The van der Waals surface area contributed by atoms with Crippen LogP contribution in [0.3, 0.4) is 0 Å². The van der Waals surface area contributed by atoms with E-state index >= 15 is 0 Å². The van der Waals surface area contributed by atoms with Crippen LogP contribution in [0.4, 0.5) is 52.7 Å². The standard InChI is InChI=1S/2C23H21F6.C2H7Si.2ClH.Zr/c2*1-4-13(3)16-8-15-7-6-14(5-2)21(20(15)11-16)17-9-18(22(24,25)26)12-19(10-17)23(27,28)29;1-3-2;;;/h2*6-13H,4-5H2,1-3H3;3H,1-2H3;2*1H;/q;;;;;+2/p-2. The molecule has 0 saturated carbocycles. The van der Waals surface area contributed by atoms with Crippen molar-refractivity contribution in [2.24, 2.45) is 11.8 Å². The minimum absolute atomic E-state index is 0.0989. The van der Waals surface area contributed by atoms with Crippen molar-refractivity contribution >= 4 is 35.1 Å². The van der Waals surface area contributed by atoms with Crippen LogP contribution in [0.1, 0.15) is 117 Å². The Morgan fingerprint density at radius 1 is 0.516 bits per heavy atom. The number of aryl methyl sites for hydroxylation is 2. The summed E-state index contributed by atoms with van der Waals surface area (Å²) in [6.07, 6.45) is -15.0. The second kappa shape index (κ2) is 17.4. The molecule has 64 heavy (non-hydrogen) atoms. The van der Waals surface area contributed by atoms with Crippen LogP contribution in [0.5, 0.6) is 0 Å². The van der Waals surface area contributed by atoms with Gasteiger partial charge in [0.1, 0.15) is 0 Å². The third-order valence-electron chi connectivity index (χ3n) is 13.7. The van der Waals surface area contributed by atoms with E-state index in [1.54, 1.807) is 26.0 Å². The van der Waals surface area contributed by atoms with E-state index in [4.69, 9.17) is 17.0 Å². The van der Waals surface area contributed by atoms with Gasteiger partial charge in [0.25, 0.3) is 0 Å². The predicted octanol–water partition coefficient (Wildman–Crippen LogP) is 17.9. The number of allylic oxidation sites excluding steroid dienone is 2. The van der Waals surface area contributed by atoms with Gasteiger partial charge in [-0.3, -0.25) is 0 Å². The fourth-order valence-corrected chi connectivity index (χ4v) is 41.1. The van der Waals surface area contributed by atoms with E-state index in [0.29, 0.717) is 46.2 Å². The number of hydrogen-bond acceptors (Lipinski definition) is 0. The van der Waals surface area contributed by atoms with Crippen molar-refractivity contribution in [1.29, 1.82) is 0 Å². The molecule has 2 aliphatic carbocycles. The van der Waals surface area contributed by atoms with Gasteiger partial charge in [0.15, 0.2) is 0 Å². The quantitative estimate of drug-likeness (QED) is 0.104. The summed E-state index contributed by atoms with van der Waals surface area (Å²) in [6, 6.07) is 10.2. The van der Waals surface area contributed by atoms with Crippen molar-refractivity contribution in [1.82, 2.24) is 0 Å². The molecule has 2 aliphatic rings. The normalized spacial score (nSPS) is 18.6. The van der Waals surface area contributed by atoms with E-state index in [1.165, 1.54) is 0 Å². The summed E-state index contributed by atoms with van der Waals surface area (Å²) >= 11 is -5.89. The van der Waals surface area contributed by atoms with Crippen LogP contribution in [-0.2, 0) is 53.1 Å². The molecule has 0 spiro atoms. The first-order valence-corrected chi connectivity index (χ1v) is 37.7. The molecule has 0 fully saturated rings. The predicted molar refractivity (Wildman–Crippen MR) is 233 cm³/mol. The van der Waals surface area contributed by atoms with E-state index in [-0.39, 0.29) is 59.1 Å². The molecule has 0 amide bonds. The average Bonchev–Trinajstić information content (AvgIpc) is 3.81. The molecule has 4 aromatic carbocycles. The van der Waals surface area contributed by atoms with Gasteiger partial charge in [-0.05, 0) is 0 Å². The van der Waals surface area contributed by atoms with Crippen LogP contribution in [0.25, 0.3) is 34.4 Å². The number of fused-ring (bicyclic) bond motifs is 2. The first-order chi connectivity index (χ1) is 29.4. The summed E-state index contributed by atoms with van der Waals surface area (Å²) in [5.74, 6) is -2.84. The summed E-state index contributed by atoms with van der Waals surface area (Å²) in [6.45, 7) is 15.4. The van der Waals surface area contributed by atoms with Crippen molar-refractivity contribution in [3.63, 3.8) is 0 Å². The third kappa shape index (κ3) is 8.77. The molecular weight excluding hydrogens is 995 g/mol. The Hall–Kier alpha value is -2.80. The number of rotatable bonds is 11. The van der Waals surface area contributed by atoms with Gasteiger partial charge in [-0.2, -0.15) is 0 Å². The number of benzene rings is 4. The molecule has 347 valence electrons.